The van der Waals surface area contributed by atoms with Crippen LogP contribution in [0.15, 0.2) is 24.3 Å². The second kappa shape index (κ2) is 8.25. The topological polar surface area (TPSA) is 71.5 Å². The van der Waals surface area contributed by atoms with Crippen LogP contribution in [-0.4, -0.2) is 47.1 Å². The summed E-state index contributed by atoms with van der Waals surface area (Å²) in [6.07, 6.45) is 1.79. The van der Waals surface area contributed by atoms with Gasteiger partial charge in [-0.15, -0.1) is 11.3 Å². The maximum atomic E-state index is 12.4. The second-order valence-corrected chi connectivity index (χ2v) is 8.97. The van der Waals surface area contributed by atoms with E-state index in [-0.39, 0.29) is 17.9 Å². The first-order valence-electron chi connectivity index (χ1n) is 9.42. The van der Waals surface area contributed by atoms with Gasteiger partial charge in [0.05, 0.1) is 15.2 Å². The first-order chi connectivity index (χ1) is 12.8. The zero-order valence-electron chi connectivity index (χ0n) is 16.2. The van der Waals surface area contributed by atoms with E-state index in [0.717, 1.165) is 16.9 Å². The molecule has 1 aromatic heterocycles. The number of amides is 2. The number of piperidine rings is 1. The fraction of sp³-hybridized carbons (Fsp3) is 0.550. The third-order valence-corrected chi connectivity index (χ3v) is 5.59. The summed E-state index contributed by atoms with van der Waals surface area (Å²) >= 11 is 1.67. The summed E-state index contributed by atoms with van der Waals surface area (Å²) in [6.45, 7) is 7.28. The second-order valence-electron chi connectivity index (χ2n) is 7.86. The standard InChI is InChI=1S/C20H27N3O3S/c1-20(2,3)26-19(25)23-12-9-14(10-13-23)18(24)21-11-8-17-22-15-6-4-5-7-16(15)27-17/h4-7,14H,8-13H2,1-3H3,(H,21,24). The van der Waals surface area contributed by atoms with Crippen molar-refractivity contribution < 1.29 is 14.3 Å². The van der Waals surface area contributed by atoms with Crippen LogP contribution in [0.3, 0.4) is 0 Å². The molecule has 0 spiro atoms. The van der Waals surface area contributed by atoms with Gasteiger partial charge >= 0.3 is 6.09 Å². The van der Waals surface area contributed by atoms with Gasteiger partial charge in [0.15, 0.2) is 0 Å². The Bertz CT molecular complexity index is 771. The van der Waals surface area contributed by atoms with Crippen molar-refractivity contribution >= 4 is 33.6 Å². The maximum absolute atomic E-state index is 12.4. The molecule has 146 valence electrons. The van der Waals surface area contributed by atoms with E-state index in [1.165, 1.54) is 4.70 Å². The van der Waals surface area contributed by atoms with E-state index < -0.39 is 5.60 Å². The Labute approximate surface area is 163 Å². The molecule has 2 amide bonds. The molecule has 7 heteroatoms. The first-order valence-corrected chi connectivity index (χ1v) is 10.2. The van der Waals surface area contributed by atoms with Gasteiger partial charge in [0, 0.05) is 32.0 Å². The quantitative estimate of drug-likeness (QED) is 0.867. The molecule has 3 rings (SSSR count). The number of nitrogens with one attached hydrogen (secondary N) is 1. The average molecular weight is 390 g/mol. The average Bonchev–Trinajstić information content (AvgIpc) is 3.03. The maximum Gasteiger partial charge on any atom is 0.410 e. The van der Waals surface area contributed by atoms with Crippen LogP contribution in [0.1, 0.15) is 38.6 Å². The smallest absolute Gasteiger partial charge is 0.410 e. The number of likely N-dealkylation sites (tertiary alicyclic amines) is 1. The molecule has 1 N–H and O–H groups in total. The van der Waals surface area contributed by atoms with Crippen molar-refractivity contribution in [2.45, 2.75) is 45.6 Å². The molecule has 0 unspecified atom stereocenters. The molecule has 1 aliphatic heterocycles. The van der Waals surface area contributed by atoms with Crippen LogP contribution in [0.4, 0.5) is 4.79 Å². The molecule has 0 bridgehead atoms. The lowest BCUT2D eigenvalue weighted by atomic mass is 9.96. The van der Waals surface area contributed by atoms with Gasteiger partial charge in [-0.2, -0.15) is 0 Å². The fourth-order valence-electron chi connectivity index (χ4n) is 3.11. The summed E-state index contributed by atoms with van der Waals surface area (Å²) in [4.78, 5) is 30.8. The number of rotatable bonds is 4. The third kappa shape index (κ3) is 5.42. The summed E-state index contributed by atoms with van der Waals surface area (Å²) < 4.78 is 6.57. The van der Waals surface area contributed by atoms with Gasteiger partial charge in [0.1, 0.15) is 5.60 Å². The molecular weight excluding hydrogens is 362 g/mol. The molecule has 1 aromatic carbocycles. The highest BCUT2D eigenvalue weighted by Crippen LogP contribution is 2.22. The number of fused-ring (bicyclic) bond motifs is 1. The van der Waals surface area contributed by atoms with E-state index in [9.17, 15) is 9.59 Å². The Balaban J connectivity index is 1.41. The van der Waals surface area contributed by atoms with Gasteiger partial charge in [0.2, 0.25) is 5.91 Å². The van der Waals surface area contributed by atoms with Crippen LogP contribution in [0.25, 0.3) is 10.2 Å². The number of thiazole rings is 1. The molecule has 2 heterocycles. The normalized spacial score (nSPS) is 15.7. The number of para-hydroxylation sites is 1. The number of hydrogen-bond acceptors (Lipinski definition) is 5. The van der Waals surface area contributed by atoms with Crippen molar-refractivity contribution in [3.63, 3.8) is 0 Å². The van der Waals surface area contributed by atoms with E-state index >= 15 is 0 Å². The van der Waals surface area contributed by atoms with Crippen LogP contribution < -0.4 is 5.32 Å². The molecule has 0 aliphatic carbocycles. The van der Waals surface area contributed by atoms with Gasteiger partial charge in [-0.25, -0.2) is 9.78 Å². The molecule has 1 fully saturated rings. The van der Waals surface area contributed by atoms with E-state index in [1.54, 1.807) is 16.2 Å². The molecule has 0 atom stereocenters. The fourth-order valence-corrected chi connectivity index (χ4v) is 4.08. The zero-order valence-corrected chi connectivity index (χ0v) is 17.0. The van der Waals surface area contributed by atoms with Crippen molar-refractivity contribution in [3.8, 4) is 0 Å². The summed E-state index contributed by atoms with van der Waals surface area (Å²) in [5.41, 5.74) is 0.518. The van der Waals surface area contributed by atoms with Crippen molar-refractivity contribution in [1.82, 2.24) is 15.2 Å². The van der Waals surface area contributed by atoms with E-state index in [1.807, 2.05) is 39.0 Å². The monoisotopic (exact) mass is 389 g/mol. The minimum absolute atomic E-state index is 0.0425. The molecule has 0 saturated carbocycles. The van der Waals surface area contributed by atoms with Crippen LogP contribution in [0.5, 0.6) is 0 Å². The molecule has 6 nitrogen and oxygen atoms in total. The number of aromatic nitrogens is 1. The van der Waals surface area contributed by atoms with Crippen LogP contribution >= 0.6 is 11.3 Å². The Morgan fingerprint density at radius 1 is 1.26 bits per heavy atom. The minimum atomic E-state index is -0.494. The Kier molecular flexibility index (Phi) is 5.99. The van der Waals surface area contributed by atoms with Gasteiger partial charge < -0.3 is 15.0 Å². The number of carbonyl (C=O) groups excluding carboxylic acids is 2. The summed E-state index contributed by atoms with van der Waals surface area (Å²) in [6, 6.07) is 8.06. The van der Waals surface area contributed by atoms with Gasteiger partial charge in [-0.05, 0) is 45.7 Å². The molecule has 1 saturated heterocycles. The molecule has 2 aromatic rings. The highest BCUT2D eigenvalue weighted by atomic mass is 32.1. The Morgan fingerprint density at radius 2 is 1.96 bits per heavy atom. The van der Waals surface area contributed by atoms with Crippen molar-refractivity contribution in [1.29, 1.82) is 0 Å². The summed E-state index contributed by atoms with van der Waals surface area (Å²) in [7, 11) is 0. The number of hydrogen-bond donors (Lipinski definition) is 1. The van der Waals surface area contributed by atoms with E-state index in [0.29, 0.717) is 32.5 Å². The number of ether oxygens (including phenoxy) is 1. The number of benzene rings is 1. The van der Waals surface area contributed by atoms with E-state index in [4.69, 9.17) is 4.74 Å². The van der Waals surface area contributed by atoms with Crippen LogP contribution in [0, 0.1) is 5.92 Å². The number of carbonyl (C=O) groups is 2. The van der Waals surface area contributed by atoms with E-state index in [2.05, 4.69) is 16.4 Å². The SMILES string of the molecule is CC(C)(C)OC(=O)N1CCC(C(=O)NCCc2nc3ccccc3s2)CC1. The van der Waals surface area contributed by atoms with Crippen LogP contribution in [-0.2, 0) is 16.0 Å². The van der Waals surface area contributed by atoms with Gasteiger partial charge in [0.25, 0.3) is 0 Å². The van der Waals surface area contributed by atoms with Crippen molar-refractivity contribution in [2.75, 3.05) is 19.6 Å². The van der Waals surface area contributed by atoms with Crippen molar-refractivity contribution in [2.24, 2.45) is 5.92 Å². The first kappa shape index (κ1) is 19.6. The lowest BCUT2D eigenvalue weighted by molar-refractivity contribution is -0.126. The minimum Gasteiger partial charge on any atom is -0.444 e. The Morgan fingerprint density at radius 3 is 2.63 bits per heavy atom. The molecule has 27 heavy (non-hydrogen) atoms. The summed E-state index contributed by atoms with van der Waals surface area (Å²) in [5.74, 6) is 0.0269. The van der Waals surface area contributed by atoms with Crippen molar-refractivity contribution in [3.05, 3.63) is 29.3 Å². The zero-order chi connectivity index (χ0) is 19.4. The predicted molar refractivity (Wildman–Crippen MR) is 107 cm³/mol. The molecular formula is C20H27N3O3S. The molecule has 0 radical (unpaired) electrons. The summed E-state index contributed by atoms with van der Waals surface area (Å²) in [5, 5.41) is 4.06. The van der Waals surface area contributed by atoms with Gasteiger partial charge in [-0.1, -0.05) is 12.1 Å². The lowest BCUT2D eigenvalue weighted by Gasteiger charge is -2.32. The highest BCUT2D eigenvalue weighted by Gasteiger charge is 2.29. The largest absolute Gasteiger partial charge is 0.444 e. The molecule has 1 aliphatic rings. The highest BCUT2D eigenvalue weighted by molar-refractivity contribution is 7.18. The lowest BCUT2D eigenvalue weighted by Crippen LogP contribution is -2.45. The Hall–Kier alpha value is -2.15. The number of nitrogens with zero attached hydrogens (tertiary/aromatic N) is 2. The third-order valence-electron chi connectivity index (χ3n) is 4.49. The van der Waals surface area contributed by atoms with Crippen LogP contribution in [0.2, 0.25) is 0 Å². The van der Waals surface area contributed by atoms with Gasteiger partial charge in [-0.3, -0.25) is 4.79 Å². The predicted octanol–water partition coefficient (Wildman–Crippen LogP) is 3.60.